The fourth-order valence-electron chi connectivity index (χ4n) is 7.17. The van der Waals surface area contributed by atoms with Crippen LogP contribution in [0.4, 0.5) is 5.69 Å². The number of fused-ring (bicyclic) bond motifs is 3. The number of halogens is 1. The van der Waals surface area contributed by atoms with Crippen LogP contribution in [0.25, 0.3) is 11.3 Å². The van der Waals surface area contributed by atoms with Gasteiger partial charge in [-0.1, -0.05) is 68.3 Å². The Labute approximate surface area is 235 Å². The molecule has 0 saturated heterocycles. The van der Waals surface area contributed by atoms with Gasteiger partial charge in [0.1, 0.15) is 12.2 Å². The topological polar surface area (TPSA) is 86.1 Å². The zero-order chi connectivity index (χ0) is 27.9. The minimum Gasteiger partial charge on any atom is -0.469 e. The molecular weight excluding hydrogens is 512 g/mol. The van der Waals surface area contributed by atoms with E-state index in [9.17, 15) is 9.59 Å². The van der Waals surface area contributed by atoms with E-state index in [0.29, 0.717) is 10.7 Å². The molecule has 0 spiro atoms. The number of amides is 1. The molecule has 8 heteroatoms. The lowest BCUT2D eigenvalue weighted by molar-refractivity contribution is -0.161. The molecule has 2 aliphatic rings. The number of nitrogens with one attached hydrogen (secondary N) is 1. The van der Waals surface area contributed by atoms with Crippen LogP contribution in [0.1, 0.15) is 76.0 Å². The van der Waals surface area contributed by atoms with Gasteiger partial charge in [0.2, 0.25) is 5.91 Å². The van der Waals surface area contributed by atoms with Gasteiger partial charge in [0, 0.05) is 16.3 Å². The van der Waals surface area contributed by atoms with E-state index < -0.39 is 5.41 Å². The molecule has 1 saturated carbocycles. The van der Waals surface area contributed by atoms with Gasteiger partial charge in [-0.2, -0.15) is 0 Å². The number of anilines is 1. The Morgan fingerprint density at radius 2 is 2.00 bits per heavy atom. The molecule has 1 fully saturated rings. The summed E-state index contributed by atoms with van der Waals surface area (Å²) in [5, 5.41) is 12.3. The fourth-order valence-corrected chi connectivity index (χ4v) is 7.36. The quantitative estimate of drug-likeness (QED) is 0.353. The molecule has 1 amide bonds. The van der Waals surface area contributed by atoms with E-state index in [1.165, 1.54) is 18.2 Å². The Morgan fingerprint density at radius 1 is 1.21 bits per heavy atom. The molecule has 3 atom stereocenters. The summed E-state index contributed by atoms with van der Waals surface area (Å²) in [4.78, 5) is 26.3. The van der Waals surface area contributed by atoms with Crippen molar-refractivity contribution in [3.63, 3.8) is 0 Å². The molecule has 0 unspecified atom stereocenters. The zero-order valence-electron chi connectivity index (χ0n) is 23.4. The maximum Gasteiger partial charge on any atom is 0.311 e. The van der Waals surface area contributed by atoms with Crippen LogP contribution in [0, 0.1) is 11.3 Å². The Balaban J connectivity index is 1.44. The highest BCUT2D eigenvalue weighted by molar-refractivity contribution is 6.30. The molecule has 1 N–H and O–H groups in total. The van der Waals surface area contributed by atoms with Crippen LogP contribution in [-0.2, 0) is 32.7 Å². The Hall–Kier alpha value is -3.19. The van der Waals surface area contributed by atoms with Crippen molar-refractivity contribution in [3.05, 3.63) is 64.3 Å². The highest BCUT2D eigenvalue weighted by Crippen LogP contribution is 2.58. The van der Waals surface area contributed by atoms with E-state index in [-0.39, 0.29) is 35.7 Å². The number of rotatable bonds is 6. The normalized spacial score (nSPS) is 24.1. The van der Waals surface area contributed by atoms with Crippen LogP contribution >= 0.6 is 11.6 Å². The zero-order valence-corrected chi connectivity index (χ0v) is 24.1. The number of ether oxygens (including phenoxy) is 1. The van der Waals surface area contributed by atoms with Crippen molar-refractivity contribution in [2.24, 2.45) is 11.3 Å². The van der Waals surface area contributed by atoms with Gasteiger partial charge in [0.15, 0.2) is 0 Å². The van der Waals surface area contributed by atoms with Gasteiger partial charge in [-0.3, -0.25) is 9.59 Å². The summed E-state index contributed by atoms with van der Waals surface area (Å²) in [5.74, 6) is 0.165. The summed E-state index contributed by atoms with van der Waals surface area (Å²) < 4.78 is 6.83. The third kappa shape index (κ3) is 4.86. The summed E-state index contributed by atoms with van der Waals surface area (Å²) in [6.45, 7) is 8.72. The van der Waals surface area contributed by atoms with Crippen LogP contribution < -0.4 is 5.32 Å². The molecule has 206 valence electrons. The van der Waals surface area contributed by atoms with E-state index in [1.54, 1.807) is 10.9 Å². The largest absolute Gasteiger partial charge is 0.469 e. The minimum atomic E-state index is -0.507. The summed E-state index contributed by atoms with van der Waals surface area (Å²) in [7, 11) is 1.49. The molecule has 2 aromatic carbocycles. The second-order valence-corrected chi connectivity index (χ2v) is 12.3. The van der Waals surface area contributed by atoms with E-state index >= 15 is 0 Å². The molecule has 7 nitrogen and oxygen atoms in total. The van der Waals surface area contributed by atoms with Gasteiger partial charge in [0.05, 0.1) is 18.7 Å². The van der Waals surface area contributed by atoms with Crippen molar-refractivity contribution in [1.29, 1.82) is 0 Å². The summed E-state index contributed by atoms with van der Waals surface area (Å²) in [6.07, 6.45) is 6.27. The second-order valence-electron chi connectivity index (χ2n) is 11.8. The number of hydrogen-bond acceptors (Lipinski definition) is 5. The number of carbonyl (C=O) groups is 2. The first kappa shape index (κ1) is 27.4. The number of esters is 1. The van der Waals surface area contributed by atoms with Crippen molar-refractivity contribution in [1.82, 2.24) is 15.0 Å². The predicted octanol–water partition coefficient (Wildman–Crippen LogP) is 6.54. The lowest BCUT2D eigenvalue weighted by atomic mass is 9.49. The monoisotopic (exact) mass is 548 g/mol. The highest BCUT2D eigenvalue weighted by Gasteiger charge is 2.56. The number of nitrogens with zero attached hydrogens (tertiary/aromatic N) is 3. The van der Waals surface area contributed by atoms with Gasteiger partial charge in [-0.05, 0) is 78.7 Å². The summed E-state index contributed by atoms with van der Waals surface area (Å²) in [5.41, 5.74) is 5.31. The Kier molecular flexibility index (Phi) is 7.31. The Morgan fingerprint density at radius 3 is 2.72 bits per heavy atom. The van der Waals surface area contributed by atoms with E-state index in [2.05, 4.69) is 55.5 Å². The average Bonchev–Trinajstić information content (AvgIpc) is 3.36. The third-order valence-corrected chi connectivity index (χ3v) is 9.31. The first-order valence-electron chi connectivity index (χ1n) is 13.8. The standard InChI is InChI=1S/C31H37ClN4O3/c1-19(2)22-10-12-24-23(11-13-26-30(24,3)14-7-15-31(26,4)29(38)39-5)28(22)33-27(37)18-36-17-25(34-35-36)20-8-6-9-21(32)16-20/h6,8-10,12,16-17,19,26H,7,11,13-15,18H2,1-5H3,(H,33,37)/t26-,30-,31-/m1/s1. The minimum absolute atomic E-state index is 0.0507. The fraction of sp³-hybridized carbons (Fsp3) is 0.484. The summed E-state index contributed by atoms with van der Waals surface area (Å²) >= 11 is 6.12. The van der Waals surface area contributed by atoms with Crippen LogP contribution in [0.2, 0.25) is 5.02 Å². The van der Waals surface area contributed by atoms with Crippen molar-refractivity contribution < 1.29 is 14.3 Å². The lowest BCUT2D eigenvalue weighted by Gasteiger charge is -2.54. The number of carbonyl (C=O) groups excluding carboxylic acids is 2. The van der Waals surface area contributed by atoms with Crippen molar-refractivity contribution in [2.45, 2.75) is 77.7 Å². The number of benzene rings is 2. The van der Waals surface area contributed by atoms with Crippen LogP contribution in [0.15, 0.2) is 42.6 Å². The molecule has 0 radical (unpaired) electrons. The van der Waals surface area contributed by atoms with Gasteiger partial charge in [-0.15, -0.1) is 5.10 Å². The molecule has 1 aromatic heterocycles. The number of methoxy groups -OCH3 is 1. The van der Waals surface area contributed by atoms with Crippen molar-refractivity contribution in [3.8, 4) is 11.3 Å². The average molecular weight is 549 g/mol. The van der Waals surface area contributed by atoms with Crippen LogP contribution in [0.3, 0.4) is 0 Å². The Bertz CT molecular complexity index is 1420. The summed E-state index contributed by atoms with van der Waals surface area (Å²) in [6, 6.07) is 11.8. The number of aromatic nitrogens is 3. The molecule has 0 aliphatic heterocycles. The van der Waals surface area contributed by atoms with Crippen LogP contribution in [-0.4, -0.2) is 34.0 Å². The molecule has 1 heterocycles. The first-order valence-corrected chi connectivity index (χ1v) is 14.1. The second kappa shape index (κ2) is 10.4. The number of hydrogen-bond donors (Lipinski definition) is 1. The van der Waals surface area contributed by atoms with Gasteiger partial charge in [-0.25, -0.2) is 4.68 Å². The van der Waals surface area contributed by atoms with Crippen LogP contribution in [0.5, 0.6) is 0 Å². The van der Waals surface area contributed by atoms with Gasteiger partial charge < -0.3 is 10.1 Å². The lowest BCUT2D eigenvalue weighted by Crippen LogP contribution is -2.52. The highest BCUT2D eigenvalue weighted by atomic mass is 35.5. The maximum atomic E-state index is 13.4. The van der Waals surface area contributed by atoms with Crippen molar-refractivity contribution >= 4 is 29.2 Å². The van der Waals surface area contributed by atoms with E-state index in [1.807, 2.05) is 24.3 Å². The molecule has 39 heavy (non-hydrogen) atoms. The first-order chi connectivity index (χ1) is 18.6. The molecule has 3 aromatic rings. The van der Waals surface area contributed by atoms with Crippen molar-refractivity contribution in [2.75, 3.05) is 12.4 Å². The predicted molar refractivity (Wildman–Crippen MR) is 153 cm³/mol. The van der Waals surface area contributed by atoms with Gasteiger partial charge in [0.25, 0.3) is 0 Å². The molecule has 2 aliphatic carbocycles. The SMILES string of the molecule is COC(=O)[C@]1(C)CCC[C@]2(C)c3ccc(C(C)C)c(NC(=O)Cn4cc(-c5cccc(Cl)c5)nn4)c3CC[C@@H]12. The van der Waals surface area contributed by atoms with E-state index in [0.717, 1.165) is 48.9 Å². The van der Waals surface area contributed by atoms with E-state index in [4.69, 9.17) is 16.3 Å². The van der Waals surface area contributed by atoms with Gasteiger partial charge >= 0.3 is 5.97 Å². The third-order valence-electron chi connectivity index (χ3n) is 9.08. The molecular formula is C31H37ClN4O3. The smallest absolute Gasteiger partial charge is 0.311 e. The molecule has 5 rings (SSSR count). The maximum absolute atomic E-state index is 13.4. The molecule has 0 bridgehead atoms.